The van der Waals surface area contributed by atoms with Crippen molar-refractivity contribution in [3.05, 3.63) is 22.9 Å². The van der Waals surface area contributed by atoms with Gasteiger partial charge in [0.25, 0.3) is 0 Å². The van der Waals surface area contributed by atoms with E-state index in [2.05, 4.69) is 4.98 Å². The fourth-order valence-corrected chi connectivity index (χ4v) is 4.53. The summed E-state index contributed by atoms with van der Waals surface area (Å²) in [5.41, 5.74) is -0.760. The SMILES string of the molecule is CCOC(=O)C1CC(C(C)C)C(c2nc(N(C)PC)cc(C)c2C(F)(F)F)CC1=O. The first-order chi connectivity index (χ1) is 13.9. The molecule has 4 atom stereocenters. The Bertz CT molecular complexity index is 798. The van der Waals surface area contributed by atoms with Crippen LogP contribution in [0.25, 0.3) is 0 Å². The Morgan fingerprint density at radius 2 is 2.03 bits per heavy atom. The zero-order chi connectivity index (χ0) is 22.8. The number of ketones is 1. The van der Waals surface area contributed by atoms with Crippen LogP contribution in [0.5, 0.6) is 0 Å². The van der Waals surface area contributed by atoms with E-state index in [9.17, 15) is 22.8 Å². The highest BCUT2D eigenvalue weighted by molar-refractivity contribution is 7.39. The van der Waals surface area contributed by atoms with E-state index < -0.39 is 29.5 Å². The van der Waals surface area contributed by atoms with Crippen LogP contribution in [0.2, 0.25) is 0 Å². The molecule has 1 saturated carbocycles. The molecule has 1 heterocycles. The van der Waals surface area contributed by atoms with Crippen LogP contribution in [0, 0.1) is 24.7 Å². The number of hydrogen-bond donors (Lipinski definition) is 0. The maximum absolute atomic E-state index is 14.0. The minimum atomic E-state index is -4.58. The van der Waals surface area contributed by atoms with Crippen molar-refractivity contribution in [2.75, 3.05) is 25.0 Å². The Hall–Kier alpha value is -1.69. The Morgan fingerprint density at radius 1 is 1.40 bits per heavy atom. The summed E-state index contributed by atoms with van der Waals surface area (Å²) in [5.74, 6) is -2.46. The number of anilines is 1. The molecule has 0 radical (unpaired) electrons. The number of aryl methyl sites for hydroxylation is 1. The molecule has 1 aliphatic rings. The quantitative estimate of drug-likeness (QED) is 0.351. The lowest BCUT2D eigenvalue weighted by molar-refractivity contribution is -0.154. The number of rotatable bonds is 6. The van der Waals surface area contributed by atoms with Crippen molar-refractivity contribution in [3.63, 3.8) is 0 Å². The van der Waals surface area contributed by atoms with Crippen LogP contribution >= 0.6 is 8.73 Å². The van der Waals surface area contributed by atoms with Crippen LogP contribution in [-0.2, 0) is 20.5 Å². The van der Waals surface area contributed by atoms with Gasteiger partial charge in [0.2, 0.25) is 0 Å². The second-order valence-corrected chi connectivity index (χ2v) is 9.18. The third-order valence-corrected chi connectivity index (χ3v) is 6.71. The maximum Gasteiger partial charge on any atom is 0.418 e. The molecular weight excluding hydrogens is 416 g/mol. The Morgan fingerprint density at radius 3 is 2.53 bits per heavy atom. The standard InChI is InChI=1S/C21H30F3N2O3P/c1-7-29-20(28)15-9-13(11(2)3)14(10-16(15)27)19-18(21(22,23)24)12(4)8-17(25-19)26(5)30-6/h8,11,13-15,30H,7,9-10H2,1-6H3. The highest BCUT2D eigenvalue weighted by atomic mass is 31.1. The summed E-state index contributed by atoms with van der Waals surface area (Å²) in [6.07, 6.45) is -4.56. The number of Topliss-reactive ketones (excluding diaryl/α,β-unsaturated/α-hetero) is 1. The van der Waals surface area contributed by atoms with E-state index in [-0.39, 0.29) is 48.3 Å². The fourth-order valence-electron chi connectivity index (χ4n) is 4.19. The topological polar surface area (TPSA) is 59.5 Å². The number of pyridine rings is 1. The lowest BCUT2D eigenvalue weighted by Gasteiger charge is -2.38. The monoisotopic (exact) mass is 446 g/mol. The maximum atomic E-state index is 14.0. The average Bonchev–Trinajstić information content (AvgIpc) is 2.65. The van der Waals surface area contributed by atoms with E-state index >= 15 is 0 Å². The Kier molecular flexibility index (Phi) is 7.89. The normalized spacial score (nSPS) is 22.7. The molecule has 1 fully saturated rings. The van der Waals surface area contributed by atoms with Gasteiger partial charge in [-0.1, -0.05) is 13.8 Å². The number of hydrogen-bond acceptors (Lipinski definition) is 5. The van der Waals surface area contributed by atoms with E-state index in [1.165, 1.54) is 13.0 Å². The van der Waals surface area contributed by atoms with Gasteiger partial charge < -0.3 is 9.41 Å². The molecule has 0 saturated heterocycles. The highest BCUT2D eigenvalue weighted by Gasteiger charge is 2.46. The smallest absolute Gasteiger partial charge is 0.418 e. The molecule has 168 valence electrons. The largest absolute Gasteiger partial charge is 0.465 e. The summed E-state index contributed by atoms with van der Waals surface area (Å²) in [5, 5.41) is 0. The average molecular weight is 446 g/mol. The van der Waals surface area contributed by atoms with Gasteiger partial charge in [-0.2, -0.15) is 13.2 Å². The van der Waals surface area contributed by atoms with E-state index in [1.807, 2.05) is 20.5 Å². The fraction of sp³-hybridized carbons (Fsp3) is 0.667. The molecular formula is C21H30F3N2O3P. The molecule has 0 bridgehead atoms. The minimum absolute atomic E-state index is 0.0300. The number of ether oxygens (including phenoxy) is 1. The van der Waals surface area contributed by atoms with Crippen LogP contribution in [-0.4, -0.2) is 37.1 Å². The van der Waals surface area contributed by atoms with Gasteiger partial charge in [-0.25, -0.2) is 4.98 Å². The number of alkyl halides is 3. The lowest BCUT2D eigenvalue weighted by atomic mass is 9.67. The summed E-state index contributed by atoms with van der Waals surface area (Å²) >= 11 is 0. The van der Waals surface area contributed by atoms with Crippen molar-refractivity contribution < 1.29 is 27.5 Å². The minimum Gasteiger partial charge on any atom is -0.465 e. The molecule has 1 aromatic rings. The third kappa shape index (κ3) is 5.13. The van der Waals surface area contributed by atoms with Crippen LogP contribution < -0.4 is 4.67 Å². The molecule has 0 aromatic carbocycles. The van der Waals surface area contributed by atoms with Gasteiger partial charge in [0.1, 0.15) is 17.5 Å². The van der Waals surface area contributed by atoms with Gasteiger partial charge in [0.15, 0.2) is 0 Å². The third-order valence-electron chi connectivity index (χ3n) is 5.81. The van der Waals surface area contributed by atoms with Gasteiger partial charge in [-0.3, -0.25) is 9.59 Å². The number of carbonyl (C=O) groups excluding carboxylic acids is 2. The first-order valence-electron chi connectivity index (χ1n) is 10.1. The summed E-state index contributed by atoms with van der Waals surface area (Å²) < 4.78 is 48.8. The number of esters is 1. The van der Waals surface area contributed by atoms with Crippen molar-refractivity contribution in [1.29, 1.82) is 0 Å². The number of aromatic nitrogens is 1. The molecule has 9 heteroatoms. The van der Waals surface area contributed by atoms with Gasteiger partial charge in [-0.05, 0) is 59.1 Å². The highest BCUT2D eigenvalue weighted by Crippen LogP contribution is 2.47. The van der Waals surface area contributed by atoms with Crippen molar-refractivity contribution in [2.24, 2.45) is 17.8 Å². The zero-order valence-corrected chi connectivity index (χ0v) is 19.3. The van der Waals surface area contributed by atoms with Crippen molar-refractivity contribution in [1.82, 2.24) is 4.98 Å². The second kappa shape index (κ2) is 9.63. The summed E-state index contributed by atoms with van der Waals surface area (Å²) in [4.78, 5) is 29.4. The molecule has 0 spiro atoms. The predicted molar refractivity (Wildman–Crippen MR) is 112 cm³/mol. The number of halogens is 3. The van der Waals surface area contributed by atoms with Crippen molar-refractivity contribution in [3.8, 4) is 0 Å². The van der Waals surface area contributed by atoms with Gasteiger partial charge >= 0.3 is 12.1 Å². The van der Waals surface area contributed by atoms with Crippen LogP contribution in [0.4, 0.5) is 19.0 Å². The van der Waals surface area contributed by atoms with E-state index in [4.69, 9.17) is 4.74 Å². The van der Waals surface area contributed by atoms with Crippen LogP contribution in [0.1, 0.15) is 56.4 Å². The second-order valence-electron chi connectivity index (χ2n) is 8.06. The van der Waals surface area contributed by atoms with Crippen LogP contribution in [0.15, 0.2) is 6.07 Å². The summed E-state index contributed by atoms with van der Waals surface area (Å²) in [7, 11) is 2.11. The zero-order valence-electron chi connectivity index (χ0n) is 18.3. The molecule has 5 nitrogen and oxygen atoms in total. The molecule has 0 N–H and O–H groups in total. The number of nitrogens with zero attached hydrogens (tertiary/aromatic N) is 2. The lowest BCUT2D eigenvalue weighted by Crippen LogP contribution is -2.39. The van der Waals surface area contributed by atoms with Gasteiger partial charge in [-0.15, -0.1) is 0 Å². The first kappa shape index (κ1) is 24.6. The summed E-state index contributed by atoms with van der Waals surface area (Å²) in [6, 6.07) is 1.44. The molecule has 1 aliphatic carbocycles. The van der Waals surface area contributed by atoms with Crippen molar-refractivity contribution >= 4 is 26.3 Å². The Labute approximate surface area is 177 Å². The Balaban J connectivity index is 2.60. The van der Waals surface area contributed by atoms with Crippen molar-refractivity contribution in [2.45, 2.75) is 52.6 Å². The van der Waals surface area contributed by atoms with E-state index in [1.54, 1.807) is 18.6 Å². The van der Waals surface area contributed by atoms with Gasteiger partial charge in [0.05, 0.1) is 17.9 Å². The van der Waals surface area contributed by atoms with Crippen LogP contribution in [0.3, 0.4) is 0 Å². The predicted octanol–water partition coefficient (Wildman–Crippen LogP) is 4.97. The van der Waals surface area contributed by atoms with E-state index in [0.29, 0.717) is 14.5 Å². The summed E-state index contributed by atoms with van der Waals surface area (Å²) in [6.45, 7) is 8.97. The van der Waals surface area contributed by atoms with E-state index in [0.717, 1.165) is 0 Å². The number of carbonyl (C=O) groups is 2. The molecule has 1 aromatic heterocycles. The molecule has 30 heavy (non-hydrogen) atoms. The molecule has 2 rings (SSSR count). The first-order valence-corrected chi connectivity index (χ1v) is 11.6. The molecule has 0 aliphatic heterocycles. The van der Waals surface area contributed by atoms with Gasteiger partial charge in [0, 0.05) is 19.4 Å². The molecule has 0 amide bonds. The molecule has 4 unspecified atom stereocenters.